The third kappa shape index (κ3) is 4.80. The molecule has 144 valence electrons. The highest BCUT2D eigenvalue weighted by atomic mass is 16.5. The van der Waals surface area contributed by atoms with Crippen LogP contribution in [0.2, 0.25) is 0 Å². The van der Waals surface area contributed by atoms with Crippen LogP contribution in [0, 0.1) is 12.3 Å². The molecule has 27 heavy (non-hydrogen) atoms. The number of nitrogens with one attached hydrogen (secondary N) is 1. The van der Waals surface area contributed by atoms with Gasteiger partial charge in [0.25, 0.3) is 0 Å². The number of H-pyrrole nitrogens is 1. The molecular weight excluding hydrogens is 346 g/mol. The number of ether oxygens (including phenoxy) is 2. The third-order valence-electron chi connectivity index (χ3n) is 4.64. The number of β-amino-alcohol motifs (C(OH)–C–C–N with tert-alkyl or cyclic N) is 1. The monoisotopic (exact) mass is 371 g/mol. The number of piperazine rings is 1. The van der Waals surface area contributed by atoms with Crippen molar-refractivity contribution in [1.82, 2.24) is 14.8 Å². The lowest BCUT2D eigenvalue weighted by molar-refractivity contribution is -0.0502. The summed E-state index contributed by atoms with van der Waals surface area (Å²) in [6.45, 7) is 3.88. The quantitative estimate of drug-likeness (QED) is 0.556. The maximum absolute atomic E-state index is 11.7. The number of terminal acetylenes is 1. The Hall–Kier alpha value is -2.53. The van der Waals surface area contributed by atoms with Gasteiger partial charge in [0.15, 0.2) is 0 Å². The van der Waals surface area contributed by atoms with E-state index in [0.29, 0.717) is 30.2 Å². The molecule has 1 unspecified atom stereocenters. The average Bonchev–Trinajstić information content (AvgIpc) is 2.65. The summed E-state index contributed by atoms with van der Waals surface area (Å²) in [6.07, 6.45) is 5.61. The van der Waals surface area contributed by atoms with Gasteiger partial charge in [0.2, 0.25) is 5.56 Å². The van der Waals surface area contributed by atoms with Crippen LogP contribution in [0.3, 0.4) is 0 Å². The molecule has 0 saturated carbocycles. The summed E-state index contributed by atoms with van der Waals surface area (Å²) >= 11 is 0. The molecule has 0 spiro atoms. The van der Waals surface area contributed by atoms with E-state index in [1.54, 1.807) is 12.1 Å². The highest BCUT2D eigenvalue weighted by Crippen LogP contribution is 2.31. The highest BCUT2D eigenvalue weighted by Gasteiger charge is 2.22. The first kappa shape index (κ1) is 19.2. The number of aliphatic hydroxyl groups is 1. The Labute approximate surface area is 158 Å². The number of aliphatic hydroxyl groups excluding tert-OH is 1. The molecule has 1 aliphatic heterocycles. The molecule has 1 fully saturated rings. The zero-order chi connectivity index (χ0) is 19.2. The van der Waals surface area contributed by atoms with Crippen molar-refractivity contribution >= 4 is 10.9 Å². The van der Waals surface area contributed by atoms with Crippen molar-refractivity contribution in [2.75, 3.05) is 46.4 Å². The number of hydrogen-bond donors (Lipinski definition) is 2. The summed E-state index contributed by atoms with van der Waals surface area (Å²) in [5, 5.41) is 10.9. The van der Waals surface area contributed by atoms with Gasteiger partial charge in [-0.3, -0.25) is 9.69 Å². The summed E-state index contributed by atoms with van der Waals surface area (Å²) in [6, 6.07) is 6.74. The summed E-state index contributed by atoms with van der Waals surface area (Å²) in [5.41, 5.74) is 0.360. The Kier molecular flexibility index (Phi) is 6.35. The van der Waals surface area contributed by atoms with Crippen LogP contribution in [-0.2, 0) is 0 Å². The van der Waals surface area contributed by atoms with Crippen LogP contribution < -0.4 is 15.0 Å². The SMILES string of the molecule is C#CCOc1ccc(OCCCN2CCN(C)CC2O)c2ccc(=O)[nH]c12. The van der Waals surface area contributed by atoms with Gasteiger partial charge in [0.05, 0.1) is 12.1 Å². The fraction of sp³-hybridized carbons (Fsp3) is 0.450. The zero-order valence-corrected chi connectivity index (χ0v) is 15.5. The van der Waals surface area contributed by atoms with Crippen molar-refractivity contribution in [1.29, 1.82) is 0 Å². The van der Waals surface area contributed by atoms with Crippen LogP contribution in [-0.4, -0.2) is 72.6 Å². The van der Waals surface area contributed by atoms with E-state index >= 15 is 0 Å². The molecular formula is C20H25N3O4. The van der Waals surface area contributed by atoms with Crippen LogP contribution in [0.4, 0.5) is 0 Å². The maximum Gasteiger partial charge on any atom is 0.248 e. The summed E-state index contributed by atoms with van der Waals surface area (Å²) in [4.78, 5) is 18.7. The minimum atomic E-state index is -0.428. The molecule has 2 aromatic rings. The van der Waals surface area contributed by atoms with E-state index < -0.39 is 6.23 Å². The Balaban J connectivity index is 1.63. The van der Waals surface area contributed by atoms with Crippen LogP contribution in [0.5, 0.6) is 11.5 Å². The molecule has 1 saturated heterocycles. The molecule has 1 aromatic carbocycles. The molecule has 2 N–H and O–H groups in total. The van der Waals surface area contributed by atoms with Crippen molar-refractivity contribution in [2.24, 2.45) is 0 Å². The Morgan fingerprint density at radius 2 is 2.07 bits per heavy atom. The zero-order valence-electron chi connectivity index (χ0n) is 15.5. The Bertz CT molecular complexity index is 874. The van der Waals surface area contributed by atoms with E-state index in [-0.39, 0.29) is 12.2 Å². The van der Waals surface area contributed by atoms with Gasteiger partial charge in [-0.05, 0) is 31.7 Å². The topological polar surface area (TPSA) is 78.0 Å². The van der Waals surface area contributed by atoms with Crippen molar-refractivity contribution in [3.05, 3.63) is 34.6 Å². The number of likely N-dealkylation sites (N-methyl/N-ethyl adjacent to an activating group) is 1. The van der Waals surface area contributed by atoms with Crippen molar-refractivity contribution in [3.8, 4) is 23.8 Å². The molecule has 3 rings (SSSR count). The number of aromatic nitrogens is 1. The lowest BCUT2D eigenvalue weighted by Crippen LogP contribution is -2.52. The van der Waals surface area contributed by atoms with Gasteiger partial charge in [0.1, 0.15) is 24.3 Å². The number of aromatic amines is 1. The second-order valence-corrected chi connectivity index (χ2v) is 6.65. The molecule has 0 aliphatic carbocycles. The first-order valence-corrected chi connectivity index (χ1v) is 9.04. The number of pyridine rings is 1. The summed E-state index contributed by atoms with van der Waals surface area (Å²) < 4.78 is 11.4. The van der Waals surface area contributed by atoms with Gasteiger partial charge in [-0.25, -0.2) is 0 Å². The largest absolute Gasteiger partial charge is 0.493 e. The van der Waals surface area contributed by atoms with E-state index in [1.165, 1.54) is 6.07 Å². The van der Waals surface area contributed by atoms with Gasteiger partial charge >= 0.3 is 0 Å². The molecule has 1 aromatic heterocycles. The predicted molar refractivity (Wildman–Crippen MR) is 104 cm³/mol. The first-order valence-electron chi connectivity index (χ1n) is 9.04. The van der Waals surface area contributed by atoms with Crippen molar-refractivity contribution < 1.29 is 14.6 Å². The van der Waals surface area contributed by atoms with Crippen molar-refractivity contribution in [3.63, 3.8) is 0 Å². The molecule has 1 atom stereocenters. The number of hydrogen-bond acceptors (Lipinski definition) is 6. The molecule has 7 heteroatoms. The number of nitrogens with zero attached hydrogens (tertiary/aromatic N) is 2. The number of fused-ring (bicyclic) bond motifs is 1. The van der Waals surface area contributed by atoms with E-state index in [2.05, 4.69) is 20.7 Å². The first-order chi connectivity index (χ1) is 13.1. The van der Waals surface area contributed by atoms with Crippen LogP contribution in [0.25, 0.3) is 10.9 Å². The predicted octanol–water partition coefficient (Wildman–Crippen LogP) is 0.875. The molecule has 0 bridgehead atoms. The highest BCUT2D eigenvalue weighted by molar-refractivity contribution is 5.89. The second kappa shape index (κ2) is 8.91. The Morgan fingerprint density at radius 3 is 2.85 bits per heavy atom. The molecule has 0 amide bonds. The lowest BCUT2D eigenvalue weighted by atomic mass is 10.2. The normalized spacial score (nSPS) is 18.3. The fourth-order valence-electron chi connectivity index (χ4n) is 3.21. The maximum atomic E-state index is 11.7. The van der Waals surface area contributed by atoms with E-state index in [0.717, 1.165) is 31.4 Å². The molecule has 1 aliphatic rings. The van der Waals surface area contributed by atoms with Gasteiger partial charge in [-0.15, -0.1) is 6.42 Å². The van der Waals surface area contributed by atoms with Gasteiger partial charge < -0.3 is 24.5 Å². The Morgan fingerprint density at radius 1 is 1.26 bits per heavy atom. The summed E-state index contributed by atoms with van der Waals surface area (Å²) in [7, 11) is 2.01. The van der Waals surface area contributed by atoms with E-state index in [1.807, 2.05) is 13.1 Å². The smallest absolute Gasteiger partial charge is 0.248 e. The van der Waals surface area contributed by atoms with Crippen LogP contribution in [0.15, 0.2) is 29.1 Å². The molecule has 0 radical (unpaired) electrons. The fourth-order valence-corrected chi connectivity index (χ4v) is 3.21. The molecule has 2 heterocycles. The standard InChI is InChI=1S/C20H25N3O4/c1-3-12-26-17-7-6-16(15-5-8-18(24)21-20(15)17)27-13-4-9-23-11-10-22(2)14-19(23)25/h1,5-8,19,25H,4,9-14H2,2H3,(H,21,24). The van der Waals surface area contributed by atoms with Gasteiger partial charge in [-0.2, -0.15) is 0 Å². The molecule has 7 nitrogen and oxygen atoms in total. The van der Waals surface area contributed by atoms with Gasteiger partial charge in [0, 0.05) is 37.6 Å². The minimum absolute atomic E-state index is 0.125. The third-order valence-corrected chi connectivity index (χ3v) is 4.64. The second-order valence-electron chi connectivity index (χ2n) is 6.65. The van der Waals surface area contributed by atoms with Gasteiger partial charge in [-0.1, -0.05) is 5.92 Å². The number of rotatable bonds is 7. The van der Waals surface area contributed by atoms with E-state index in [4.69, 9.17) is 15.9 Å². The average molecular weight is 371 g/mol. The van der Waals surface area contributed by atoms with Crippen LogP contribution in [0.1, 0.15) is 6.42 Å². The summed E-state index contributed by atoms with van der Waals surface area (Å²) in [5.74, 6) is 3.61. The lowest BCUT2D eigenvalue weighted by Gasteiger charge is -2.36. The van der Waals surface area contributed by atoms with Crippen molar-refractivity contribution in [2.45, 2.75) is 12.6 Å². The number of benzene rings is 1. The van der Waals surface area contributed by atoms with Crippen LogP contribution >= 0.6 is 0 Å². The minimum Gasteiger partial charge on any atom is -0.493 e. The van der Waals surface area contributed by atoms with E-state index in [9.17, 15) is 9.90 Å².